The fourth-order valence-electron chi connectivity index (χ4n) is 4.71. The average molecular weight is 417 g/mol. The number of pyridine rings is 1. The van der Waals surface area contributed by atoms with Crippen LogP contribution in [0.3, 0.4) is 0 Å². The van der Waals surface area contributed by atoms with Crippen LogP contribution < -0.4 is 5.32 Å². The Morgan fingerprint density at radius 1 is 1.19 bits per heavy atom. The fraction of sp³-hybridized carbons (Fsp3) is 0.375. The van der Waals surface area contributed by atoms with Gasteiger partial charge in [0.15, 0.2) is 5.82 Å². The number of hydrogen-bond donors (Lipinski definition) is 2. The Morgan fingerprint density at radius 2 is 2.06 bits per heavy atom. The van der Waals surface area contributed by atoms with E-state index in [0.717, 1.165) is 54.6 Å². The number of nitrogens with one attached hydrogen (secondary N) is 2. The van der Waals surface area contributed by atoms with Crippen molar-refractivity contribution in [2.45, 2.75) is 51.2 Å². The summed E-state index contributed by atoms with van der Waals surface area (Å²) in [6, 6.07) is 14.4. The zero-order chi connectivity index (χ0) is 21.2. The van der Waals surface area contributed by atoms with Crippen molar-refractivity contribution in [3.05, 3.63) is 66.4 Å². The number of carbonyl (C=O) groups is 1. The number of nitrogens with zero attached hydrogens (tertiary/aromatic N) is 4. The van der Waals surface area contributed by atoms with E-state index in [1.54, 1.807) is 0 Å². The Hall–Kier alpha value is -3.19. The molecule has 2 N–H and O–H groups in total. The van der Waals surface area contributed by atoms with E-state index in [1.165, 1.54) is 0 Å². The molecule has 7 nitrogen and oxygen atoms in total. The fourth-order valence-corrected chi connectivity index (χ4v) is 4.71. The SMILES string of the molecule is CCN(C(=O)c1nc2ccccc2[nH]1)[C@H]1CCC[C@@H](NCc2cn3ccccc3n2)C1. The summed E-state index contributed by atoms with van der Waals surface area (Å²) in [7, 11) is 0. The van der Waals surface area contributed by atoms with Crippen molar-refractivity contribution in [1.82, 2.24) is 29.6 Å². The molecule has 0 bridgehead atoms. The molecule has 1 aliphatic rings. The van der Waals surface area contributed by atoms with Gasteiger partial charge >= 0.3 is 0 Å². The van der Waals surface area contributed by atoms with E-state index in [1.807, 2.05) is 64.9 Å². The molecule has 1 amide bonds. The van der Waals surface area contributed by atoms with Crippen molar-refractivity contribution < 1.29 is 4.79 Å². The van der Waals surface area contributed by atoms with E-state index in [-0.39, 0.29) is 11.9 Å². The largest absolute Gasteiger partial charge is 0.334 e. The number of para-hydroxylation sites is 2. The molecule has 0 saturated heterocycles. The highest BCUT2D eigenvalue weighted by atomic mass is 16.2. The zero-order valence-electron chi connectivity index (χ0n) is 17.8. The molecule has 3 aromatic heterocycles. The number of aromatic nitrogens is 4. The van der Waals surface area contributed by atoms with Crippen LogP contribution in [0.5, 0.6) is 0 Å². The van der Waals surface area contributed by atoms with E-state index in [2.05, 4.69) is 26.5 Å². The average Bonchev–Trinajstić information content (AvgIpc) is 3.42. The van der Waals surface area contributed by atoms with Gasteiger partial charge in [0.25, 0.3) is 5.91 Å². The summed E-state index contributed by atoms with van der Waals surface area (Å²) in [5.74, 6) is 0.424. The number of hydrogen-bond acceptors (Lipinski definition) is 4. The van der Waals surface area contributed by atoms with Gasteiger partial charge in [-0.3, -0.25) is 4.79 Å². The van der Waals surface area contributed by atoms with Gasteiger partial charge in [-0.1, -0.05) is 18.2 Å². The van der Waals surface area contributed by atoms with Crippen LogP contribution in [0.4, 0.5) is 0 Å². The first-order chi connectivity index (χ1) is 15.2. The maximum Gasteiger partial charge on any atom is 0.289 e. The van der Waals surface area contributed by atoms with Gasteiger partial charge in [0.1, 0.15) is 5.65 Å². The number of imidazole rings is 2. The molecule has 1 fully saturated rings. The quantitative estimate of drug-likeness (QED) is 0.501. The molecule has 0 unspecified atom stereocenters. The summed E-state index contributed by atoms with van der Waals surface area (Å²) in [6.07, 6.45) is 8.31. The van der Waals surface area contributed by atoms with Crippen LogP contribution in [0, 0.1) is 0 Å². The molecule has 4 aromatic rings. The number of fused-ring (bicyclic) bond motifs is 2. The normalized spacial score (nSPS) is 19.1. The molecule has 160 valence electrons. The monoisotopic (exact) mass is 416 g/mol. The summed E-state index contributed by atoms with van der Waals surface area (Å²) in [6.45, 7) is 3.47. The van der Waals surface area contributed by atoms with Gasteiger partial charge < -0.3 is 19.6 Å². The van der Waals surface area contributed by atoms with Gasteiger partial charge in [0.2, 0.25) is 0 Å². The maximum atomic E-state index is 13.2. The Bertz CT molecular complexity index is 1130. The molecule has 0 aliphatic heterocycles. The van der Waals surface area contributed by atoms with Crippen molar-refractivity contribution in [1.29, 1.82) is 0 Å². The lowest BCUT2D eigenvalue weighted by molar-refractivity contribution is 0.0617. The van der Waals surface area contributed by atoms with Crippen molar-refractivity contribution in [2.75, 3.05) is 6.54 Å². The molecular formula is C24H28N6O. The number of aromatic amines is 1. The summed E-state index contributed by atoms with van der Waals surface area (Å²) >= 11 is 0. The highest BCUT2D eigenvalue weighted by Crippen LogP contribution is 2.25. The summed E-state index contributed by atoms with van der Waals surface area (Å²) < 4.78 is 2.05. The highest BCUT2D eigenvalue weighted by molar-refractivity contribution is 5.94. The van der Waals surface area contributed by atoms with Gasteiger partial charge in [0.05, 0.1) is 16.7 Å². The lowest BCUT2D eigenvalue weighted by atomic mass is 9.89. The van der Waals surface area contributed by atoms with Crippen molar-refractivity contribution in [3.63, 3.8) is 0 Å². The number of benzene rings is 1. The second-order valence-corrected chi connectivity index (χ2v) is 8.29. The van der Waals surface area contributed by atoms with Crippen LogP contribution in [0.15, 0.2) is 54.9 Å². The first-order valence-electron chi connectivity index (χ1n) is 11.1. The molecule has 2 atom stereocenters. The molecule has 1 aromatic carbocycles. The third-order valence-corrected chi connectivity index (χ3v) is 6.27. The minimum absolute atomic E-state index is 0.00954. The highest BCUT2D eigenvalue weighted by Gasteiger charge is 2.30. The molecule has 1 saturated carbocycles. The maximum absolute atomic E-state index is 13.2. The van der Waals surface area contributed by atoms with Crippen molar-refractivity contribution >= 4 is 22.6 Å². The molecule has 3 heterocycles. The van der Waals surface area contributed by atoms with E-state index < -0.39 is 0 Å². The third kappa shape index (κ3) is 4.05. The van der Waals surface area contributed by atoms with Crippen LogP contribution >= 0.6 is 0 Å². The number of rotatable bonds is 6. The minimum atomic E-state index is -0.00954. The Morgan fingerprint density at radius 3 is 2.90 bits per heavy atom. The summed E-state index contributed by atoms with van der Waals surface area (Å²) in [4.78, 5) is 27.6. The van der Waals surface area contributed by atoms with E-state index in [9.17, 15) is 4.79 Å². The van der Waals surface area contributed by atoms with Gasteiger partial charge in [-0.05, 0) is 56.9 Å². The van der Waals surface area contributed by atoms with E-state index >= 15 is 0 Å². The summed E-state index contributed by atoms with van der Waals surface area (Å²) in [5, 5.41) is 3.67. The van der Waals surface area contributed by atoms with Crippen LogP contribution in [-0.2, 0) is 6.54 Å². The predicted molar refractivity (Wildman–Crippen MR) is 121 cm³/mol. The van der Waals surface area contributed by atoms with Gasteiger partial charge in [-0.2, -0.15) is 0 Å². The Labute approximate surface area is 181 Å². The lowest BCUT2D eigenvalue weighted by Crippen LogP contribution is -2.47. The van der Waals surface area contributed by atoms with Gasteiger partial charge in [0, 0.05) is 37.6 Å². The smallest absolute Gasteiger partial charge is 0.289 e. The van der Waals surface area contributed by atoms with Crippen molar-refractivity contribution in [2.24, 2.45) is 0 Å². The topological polar surface area (TPSA) is 78.3 Å². The molecule has 5 rings (SSSR count). The molecule has 7 heteroatoms. The minimum Gasteiger partial charge on any atom is -0.334 e. The second-order valence-electron chi connectivity index (χ2n) is 8.29. The molecule has 1 aliphatic carbocycles. The molecule has 31 heavy (non-hydrogen) atoms. The number of H-pyrrole nitrogens is 1. The first kappa shape index (κ1) is 19.8. The predicted octanol–water partition coefficient (Wildman–Crippen LogP) is 3.77. The third-order valence-electron chi connectivity index (χ3n) is 6.27. The second kappa shape index (κ2) is 8.51. The number of amides is 1. The van der Waals surface area contributed by atoms with Crippen LogP contribution in [0.2, 0.25) is 0 Å². The summed E-state index contributed by atoms with van der Waals surface area (Å²) in [5.41, 5.74) is 3.74. The molecule has 0 spiro atoms. The Kier molecular flexibility index (Phi) is 5.42. The van der Waals surface area contributed by atoms with Gasteiger partial charge in [-0.15, -0.1) is 0 Å². The van der Waals surface area contributed by atoms with Crippen LogP contribution in [0.25, 0.3) is 16.7 Å². The van der Waals surface area contributed by atoms with Crippen molar-refractivity contribution in [3.8, 4) is 0 Å². The van der Waals surface area contributed by atoms with Gasteiger partial charge in [-0.25, -0.2) is 9.97 Å². The van der Waals surface area contributed by atoms with E-state index in [4.69, 9.17) is 0 Å². The zero-order valence-corrected chi connectivity index (χ0v) is 17.8. The molecule has 0 radical (unpaired) electrons. The standard InChI is InChI=1S/C24H28N6O/c1-2-30(24(31)23-27-20-10-3-4-11-21(20)28-23)19-9-7-8-17(14-19)25-15-18-16-29-13-6-5-12-22(29)26-18/h3-6,10-13,16-17,19,25H,2,7-9,14-15H2,1H3,(H,27,28)/t17-,19+/m1/s1. The lowest BCUT2D eigenvalue weighted by Gasteiger charge is -2.37. The molecular weight excluding hydrogens is 388 g/mol. The Balaban J connectivity index is 1.25. The van der Waals surface area contributed by atoms with E-state index in [0.29, 0.717) is 18.4 Å². The van der Waals surface area contributed by atoms with Crippen LogP contribution in [-0.4, -0.2) is 48.8 Å². The number of carbonyl (C=O) groups excluding carboxylic acids is 1. The van der Waals surface area contributed by atoms with Crippen LogP contribution in [0.1, 0.15) is 48.9 Å². The first-order valence-corrected chi connectivity index (χ1v) is 11.1.